The number of carbonyl (C=O) groups is 2. The summed E-state index contributed by atoms with van der Waals surface area (Å²) in [6, 6.07) is 0. The third-order valence-corrected chi connectivity index (χ3v) is 12.0. The molecule has 0 saturated carbocycles. The van der Waals surface area contributed by atoms with Crippen LogP contribution in [0.4, 0.5) is 0 Å². The zero-order valence-electron chi connectivity index (χ0n) is 40.3. The Balaban J connectivity index is 2.25. The maximum absolute atomic E-state index is 12.8. The fourth-order valence-corrected chi connectivity index (χ4v) is 7.90. The number of aliphatic hydroxyl groups is 4. The van der Waals surface area contributed by atoms with Gasteiger partial charge in [-0.2, -0.15) is 0 Å². The molecule has 0 aromatic heterocycles. The molecule has 1 heterocycles. The molecule has 1 aliphatic heterocycles. The molecule has 0 aromatic rings. The summed E-state index contributed by atoms with van der Waals surface area (Å²) in [4.78, 5) is 25.4. The zero-order chi connectivity index (χ0) is 45.9. The molecule has 1 aliphatic rings. The van der Waals surface area contributed by atoms with Crippen molar-refractivity contribution in [1.29, 1.82) is 0 Å². The summed E-state index contributed by atoms with van der Waals surface area (Å²) in [6.07, 6.45) is 44.4. The van der Waals surface area contributed by atoms with Crippen molar-refractivity contribution in [3.63, 3.8) is 0 Å². The van der Waals surface area contributed by atoms with Crippen molar-refractivity contribution in [2.45, 2.75) is 269 Å². The molecule has 0 aliphatic carbocycles. The molecular formula is C53H96O10. The van der Waals surface area contributed by atoms with Crippen molar-refractivity contribution in [3.05, 3.63) is 36.5 Å². The second-order valence-electron chi connectivity index (χ2n) is 18.0. The second kappa shape index (κ2) is 43.8. The Kier molecular flexibility index (Phi) is 41.0. The van der Waals surface area contributed by atoms with E-state index >= 15 is 0 Å². The highest BCUT2D eigenvalue weighted by Gasteiger charge is 2.44. The summed E-state index contributed by atoms with van der Waals surface area (Å²) in [5.74, 6) is -0.822. The van der Waals surface area contributed by atoms with Gasteiger partial charge in [0.05, 0.1) is 13.2 Å². The van der Waals surface area contributed by atoms with E-state index in [1.807, 2.05) is 0 Å². The Labute approximate surface area is 385 Å². The lowest BCUT2D eigenvalue weighted by Gasteiger charge is -2.39. The minimum absolute atomic E-state index is 0.206. The van der Waals surface area contributed by atoms with E-state index in [1.165, 1.54) is 141 Å². The van der Waals surface area contributed by atoms with Crippen LogP contribution in [-0.2, 0) is 28.5 Å². The van der Waals surface area contributed by atoms with Crippen molar-refractivity contribution in [2.75, 3.05) is 19.8 Å². The van der Waals surface area contributed by atoms with Gasteiger partial charge in [0.2, 0.25) is 0 Å². The Morgan fingerprint density at radius 1 is 0.492 bits per heavy atom. The van der Waals surface area contributed by atoms with Gasteiger partial charge in [0.1, 0.15) is 31.0 Å². The predicted molar refractivity (Wildman–Crippen MR) is 256 cm³/mol. The third-order valence-electron chi connectivity index (χ3n) is 12.0. The van der Waals surface area contributed by atoms with Gasteiger partial charge in [0.15, 0.2) is 12.4 Å². The Morgan fingerprint density at radius 3 is 1.37 bits per heavy atom. The van der Waals surface area contributed by atoms with Crippen molar-refractivity contribution in [2.24, 2.45) is 0 Å². The minimum Gasteiger partial charge on any atom is -0.462 e. The van der Waals surface area contributed by atoms with E-state index in [-0.39, 0.29) is 32.0 Å². The van der Waals surface area contributed by atoms with Crippen molar-refractivity contribution < 1.29 is 49.0 Å². The highest BCUT2D eigenvalue weighted by molar-refractivity contribution is 5.70. The summed E-state index contributed by atoms with van der Waals surface area (Å²) in [6.45, 7) is 3.41. The third kappa shape index (κ3) is 34.9. The number of rotatable bonds is 44. The number of allylic oxidation sites excluding steroid dienone is 6. The fourth-order valence-electron chi connectivity index (χ4n) is 7.90. The maximum atomic E-state index is 12.8. The molecule has 2 unspecified atom stereocenters. The lowest BCUT2D eigenvalue weighted by molar-refractivity contribution is -0.305. The van der Waals surface area contributed by atoms with E-state index in [0.29, 0.717) is 6.42 Å². The number of aliphatic hydroxyl groups excluding tert-OH is 4. The van der Waals surface area contributed by atoms with E-state index in [1.54, 1.807) is 0 Å². The monoisotopic (exact) mass is 893 g/mol. The van der Waals surface area contributed by atoms with Gasteiger partial charge in [0.25, 0.3) is 0 Å². The summed E-state index contributed by atoms with van der Waals surface area (Å²) >= 11 is 0. The SMILES string of the molecule is CCCCC/C=C/C/C=C/C/C=C/CCCCCCC(=O)O[C@@H](COC(=O)CCCCCCCCCCCCCCCCCCCCCCC)CO[C@H]1O[C@@H](CO)[C@@H](O)C(O)C1O. The summed E-state index contributed by atoms with van der Waals surface area (Å²) < 4.78 is 22.2. The van der Waals surface area contributed by atoms with Crippen LogP contribution in [0.5, 0.6) is 0 Å². The topological polar surface area (TPSA) is 152 Å². The molecule has 0 amide bonds. The van der Waals surface area contributed by atoms with Gasteiger partial charge in [-0.05, 0) is 51.4 Å². The Bertz CT molecular complexity index is 1120. The number of unbranched alkanes of at least 4 members (excludes halogenated alkanes) is 27. The predicted octanol–water partition coefficient (Wildman–Crippen LogP) is 12.2. The molecule has 368 valence electrons. The summed E-state index contributed by atoms with van der Waals surface area (Å²) in [7, 11) is 0. The fraction of sp³-hybridized carbons (Fsp3) is 0.849. The Hall–Kier alpha value is -2.08. The lowest BCUT2D eigenvalue weighted by atomic mass is 9.99. The average molecular weight is 893 g/mol. The first-order valence-corrected chi connectivity index (χ1v) is 26.1. The van der Waals surface area contributed by atoms with Crippen LogP contribution in [0.2, 0.25) is 0 Å². The van der Waals surface area contributed by atoms with Crippen molar-refractivity contribution in [1.82, 2.24) is 0 Å². The van der Waals surface area contributed by atoms with Crippen LogP contribution in [0, 0.1) is 0 Å². The average Bonchev–Trinajstić information content (AvgIpc) is 3.28. The molecule has 0 aromatic carbocycles. The molecule has 10 nitrogen and oxygen atoms in total. The standard InChI is InChI=1S/C53H96O10/c1-3-5-7-9-11-13-15-17-19-21-22-23-24-26-27-29-31-33-35-37-39-41-48(55)60-44-46(45-61-53-52(59)51(58)50(57)47(43-54)63-53)62-49(56)42-40-38-36-34-32-30-28-25-20-18-16-14-12-10-8-6-4-2/h12,14,18,20,28,30,46-47,50-54,57-59H,3-11,13,15-17,19,21-27,29,31-45H2,1-2H3/b14-12+,20-18+,30-28+/t46-,47-,50+,51?,52?,53-/m0/s1. The molecule has 0 spiro atoms. The lowest BCUT2D eigenvalue weighted by Crippen LogP contribution is -2.59. The van der Waals surface area contributed by atoms with E-state index in [4.69, 9.17) is 18.9 Å². The second-order valence-corrected chi connectivity index (χ2v) is 18.0. The van der Waals surface area contributed by atoms with E-state index in [0.717, 1.165) is 57.8 Å². The van der Waals surface area contributed by atoms with E-state index < -0.39 is 49.4 Å². The largest absolute Gasteiger partial charge is 0.462 e. The van der Waals surface area contributed by atoms with E-state index in [9.17, 15) is 30.0 Å². The van der Waals surface area contributed by atoms with Gasteiger partial charge in [-0.15, -0.1) is 0 Å². The highest BCUT2D eigenvalue weighted by Crippen LogP contribution is 2.23. The number of hydrogen-bond donors (Lipinski definition) is 4. The first-order valence-electron chi connectivity index (χ1n) is 26.1. The van der Waals surface area contributed by atoms with Crippen molar-refractivity contribution in [3.8, 4) is 0 Å². The van der Waals surface area contributed by atoms with Gasteiger partial charge >= 0.3 is 11.9 Å². The first-order chi connectivity index (χ1) is 30.8. The quantitative estimate of drug-likeness (QED) is 0.0264. The zero-order valence-corrected chi connectivity index (χ0v) is 40.3. The van der Waals surface area contributed by atoms with Crippen LogP contribution in [-0.4, -0.2) is 89.0 Å². The number of hydrogen-bond acceptors (Lipinski definition) is 10. The molecule has 0 bridgehead atoms. The van der Waals surface area contributed by atoms with Crippen LogP contribution in [0.25, 0.3) is 0 Å². The number of esters is 2. The van der Waals surface area contributed by atoms with Gasteiger partial charge < -0.3 is 39.4 Å². The van der Waals surface area contributed by atoms with Crippen LogP contribution in [0.3, 0.4) is 0 Å². The molecular weight excluding hydrogens is 797 g/mol. The highest BCUT2D eigenvalue weighted by atomic mass is 16.7. The molecule has 4 N–H and O–H groups in total. The smallest absolute Gasteiger partial charge is 0.306 e. The minimum atomic E-state index is -1.60. The molecule has 0 radical (unpaired) electrons. The molecule has 1 rings (SSSR count). The molecule has 1 fully saturated rings. The van der Waals surface area contributed by atoms with Gasteiger partial charge in [0, 0.05) is 12.8 Å². The van der Waals surface area contributed by atoms with Crippen LogP contribution in [0.1, 0.15) is 232 Å². The maximum Gasteiger partial charge on any atom is 0.306 e. The normalized spacial score (nSPS) is 19.7. The number of ether oxygens (including phenoxy) is 4. The van der Waals surface area contributed by atoms with Crippen LogP contribution in [0.15, 0.2) is 36.5 Å². The molecule has 1 saturated heterocycles. The van der Waals surface area contributed by atoms with Gasteiger partial charge in [-0.25, -0.2) is 0 Å². The Morgan fingerprint density at radius 2 is 0.889 bits per heavy atom. The molecule has 63 heavy (non-hydrogen) atoms. The van der Waals surface area contributed by atoms with Gasteiger partial charge in [-0.3, -0.25) is 9.59 Å². The van der Waals surface area contributed by atoms with Crippen LogP contribution >= 0.6 is 0 Å². The first kappa shape index (κ1) is 58.9. The summed E-state index contributed by atoms with van der Waals surface area (Å²) in [5, 5.41) is 40.2. The van der Waals surface area contributed by atoms with E-state index in [2.05, 4.69) is 50.3 Å². The molecule has 10 heteroatoms. The number of carbonyl (C=O) groups excluding carboxylic acids is 2. The van der Waals surface area contributed by atoms with Gasteiger partial charge in [-0.1, -0.05) is 204 Å². The summed E-state index contributed by atoms with van der Waals surface area (Å²) in [5.41, 5.74) is 0. The van der Waals surface area contributed by atoms with Crippen LogP contribution < -0.4 is 0 Å². The molecule has 6 atom stereocenters. The van der Waals surface area contributed by atoms with Crippen molar-refractivity contribution >= 4 is 11.9 Å².